The van der Waals surface area contributed by atoms with Crippen LogP contribution in [0.1, 0.15) is 52.5 Å². The third-order valence-electron chi connectivity index (χ3n) is 5.38. The molecule has 8 nitrogen and oxygen atoms in total. The van der Waals surface area contributed by atoms with Crippen molar-refractivity contribution in [2.45, 2.75) is 44.8 Å². The maximum absolute atomic E-state index is 12.9. The lowest BCUT2D eigenvalue weighted by Gasteiger charge is -2.17. The molecule has 1 saturated heterocycles. The third-order valence-corrected chi connectivity index (χ3v) is 5.38. The zero-order chi connectivity index (χ0) is 20.2. The Morgan fingerprint density at radius 3 is 2.97 bits per heavy atom. The molecule has 2 amide bonds. The lowest BCUT2D eigenvalue weighted by molar-refractivity contribution is 0.0845. The van der Waals surface area contributed by atoms with Gasteiger partial charge in [-0.05, 0) is 44.2 Å². The molecule has 2 aromatic rings. The fourth-order valence-electron chi connectivity index (χ4n) is 3.88. The number of carbonyl (C=O) groups is 2. The Kier molecular flexibility index (Phi) is 5.80. The van der Waals surface area contributed by atoms with Gasteiger partial charge >= 0.3 is 0 Å². The van der Waals surface area contributed by atoms with E-state index < -0.39 is 0 Å². The summed E-state index contributed by atoms with van der Waals surface area (Å²) in [5, 5.41) is 5.78. The molecule has 2 aliphatic heterocycles. The molecule has 1 unspecified atom stereocenters. The van der Waals surface area contributed by atoms with Crippen molar-refractivity contribution < 1.29 is 19.1 Å². The van der Waals surface area contributed by atoms with Gasteiger partial charge in [0.25, 0.3) is 11.8 Å². The van der Waals surface area contributed by atoms with Gasteiger partial charge in [-0.2, -0.15) is 0 Å². The average Bonchev–Trinajstić information content (AvgIpc) is 3.40. The van der Waals surface area contributed by atoms with Crippen LogP contribution in [0, 0.1) is 0 Å². The number of aromatic nitrogens is 2. The first-order chi connectivity index (χ1) is 14.2. The topological polar surface area (TPSA) is 94.5 Å². The Morgan fingerprint density at radius 2 is 2.17 bits per heavy atom. The van der Waals surface area contributed by atoms with Crippen LogP contribution in [0.2, 0.25) is 0 Å². The van der Waals surface area contributed by atoms with Crippen LogP contribution in [0.4, 0.5) is 5.69 Å². The molecule has 1 aromatic heterocycles. The van der Waals surface area contributed by atoms with Crippen molar-refractivity contribution in [1.82, 2.24) is 14.9 Å². The Hall–Kier alpha value is -2.87. The van der Waals surface area contributed by atoms with Gasteiger partial charge < -0.3 is 24.7 Å². The molecular formula is C21H26N4O4. The lowest BCUT2D eigenvalue weighted by Crippen LogP contribution is -2.34. The molecule has 1 atom stereocenters. The number of nitrogens with one attached hydrogen (secondary N) is 2. The van der Waals surface area contributed by atoms with E-state index in [4.69, 9.17) is 9.47 Å². The highest BCUT2D eigenvalue weighted by molar-refractivity contribution is 6.05. The monoisotopic (exact) mass is 398 g/mol. The highest BCUT2D eigenvalue weighted by Crippen LogP contribution is 2.23. The van der Waals surface area contributed by atoms with Crippen molar-refractivity contribution in [3.05, 3.63) is 41.5 Å². The minimum atomic E-state index is -0.318. The van der Waals surface area contributed by atoms with Gasteiger partial charge in [0.15, 0.2) is 11.5 Å². The standard InChI is InChI=1S/C21H26N4O4/c1-28-15-7-4-6-14(12-15)23-20(26)18-17-9-2-3-10-25(17)19(24-18)21(27)22-13-16-8-5-11-29-16/h4,6-7,12,16H,2-3,5,8-11,13H2,1H3,(H,22,27)(H,23,26). The van der Waals surface area contributed by atoms with Crippen LogP contribution < -0.4 is 15.4 Å². The molecule has 0 spiro atoms. The van der Waals surface area contributed by atoms with Crippen LogP contribution in [0.25, 0.3) is 0 Å². The number of hydrogen-bond acceptors (Lipinski definition) is 5. The van der Waals surface area contributed by atoms with Gasteiger partial charge in [-0.3, -0.25) is 9.59 Å². The van der Waals surface area contributed by atoms with Crippen molar-refractivity contribution in [1.29, 1.82) is 0 Å². The number of ether oxygens (including phenoxy) is 2. The van der Waals surface area contributed by atoms with E-state index in [-0.39, 0.29) is 17.9 Å². The van der Waals surface area contributed by atoms with Crippen molar-refractivity contribution in [3.63, 3.8) is 0 Å². The summed E-state index contributed by atoms with van der Waals surface area (Å²) in [5.74, 6) is 0.378. The first-order valence-electron chi connectivity index (χ1n) is 10.1. The van der Waals surface area contributed by atoms with Crippen molar-refractivity contribution in [2.24, 2.45) is 0 Å². The summed E-state index contributed by atoms with van der Waals surface area (Å²) in [6.45, 7) is 1.90. The molecule has 4 rings (SSSR count). The molecular weight excluding hydrogens is 372 g/mol. The number of carbonyl (C=O) groups excluding carboxylic acids is 2. The highest BCUT2D eigenvalue weighted by atomic mass is 16.5. The molecule has 1 fully saturated rings. The van der Waals surface area contributed by atoms with E-state index >= 15 is 0 Å². The van der Waals surface area contributed by atoms with Crippen LogP contribution in [0.3, 0.4) is 0 Å². The number of benzene rings is 1. The average molecular weight is 398 g/mol. The summed E-state index contributed by atoms with van der Waals surface area (Å²) in [5.41, 5.74) is 1.75. The molecule has 0 bridgehead atoms. The SMILES string of the molecule is COc1cccc(NC(=O)c2nc(C(=O)NCC3CCCO3)n3c2CCCC3)c1. The Bertz CT molecular complexity index is 902. The van der Waals surface area contributed by atoms with Crippen LogP contribution in [0.5, 0.6) is 5.75 Å². The first kappa shape index (κ1) is 19.4. The number of imidazole rings is 1. The fourth-order valence-corrected chi connectivity index (χ4v) is 3.88. The third kappa shape index (κ3) is 4.27. The van der Waals surface area contributed by atoms with E-state index in [1.807, 2.05) is 10.6 Å². The zero-order valence-electron chi connectivity index (χ0n) is 16.6. The summed E-state index contributed by atoms with van der Waals surface area (Å²) in [6, 6.07) is 7.15. The number of fused-ring (bicyclic) bond motifs is 1. The first-order valence-corrected chi connectivity index (χ1v) is 10.1. The Morgan fingerprint density at radius 1 is 1.28 bits per heavy atom. The molecule has 154 valence electrons. The summed E-state index contributed by atoms with van der Waals surface area (Å²) < 4.78 is 12.7. The zero-order valence-corrected chi connectivity index (χ0v) is 16.6. The molecule has 1 aromatic carbocycles. The predicted octanol–water partition coefficient (Wildman–Crippen LogP) is 2.39. The van der Waals surface area contributed by atoms with Crippen molar-refractivity contribution in [3.8, 4) is 5.75 Å². The second kappa shape index (κ2) is 8.65. The molecule has 29 heavy (non-hydrogen) atoms. The predicted molar refractivity (Wildman–Crippen MR) is 107 cm³/mol. The normalized spacial score (nSPS) is 18.2. The van der Waals surface area contributed by atoms with Crippen molar-refractivity contribution >= 4 is 17.5 Å². The maximum atomic E-state index is 12.9. The Balaban J connectivity index is 1.53. The summed E-state index contributed by atoms with van der Waals surface area (Å²) in [4.78, 5) is 30.1. The van der Waals surface area contributed by atoms with E-state index in [9.17, 15) is 9.59 Å². The number of anilines is 1. The largest absolute Gasteiger partial charge is 0.497 e. The quantitative estimate of drug-likeness (QED) is 0.779. The van der Waals surface area contributed by atoms with Crippen LogP contribution in [-0.2, 0) is 17.7 Å². The van der Waals surface area contributed by atoms with E-state index in [0.29, 0.717) is 36.0 Å². The van der Waals surface area contributed by atoms with Gasteiger partial charge in [-0.25, -0.2) is 4.98 Å². The molecule has 2 N–H and O–H groups in total. The molecule has 2 aliphatic rings. The van der Waals surface area contributed by atoms with Gasteiger partial charge in [-0.1, -0.05) is 6.07 Å². The second-order valence-electron chi connectivity index (χ2n) is 7.37. The maximum Gasteiger partial charge on any atom is 0.287 e. The van der Waals surface area contributed by atoms with Gasteiger partial charge in [0.05, 0.1) is 18.9 Å². The molecule has 8 heteroatoms. The fraction of sp³-hybridized carbons (Fsp3) is 0.476. The minimum absolute atomic E-state index is 0.0607. The van der Waals surface area contributed by atoms with Gasteiger partial charge in [-0.15, -0.1) is 0 Å². The van der Waals surface area contributed by atoms with E-state index in [0.717, 1.165) is 44.4 Å². The summed E-state index contributed by atoms with van der Waals surface area (Å²) in [6.07, 6.45) is 4.70. The van der Waals surface area contributed by atoms with E-state index in [2.05, 4.69) is 15.6 Å². The number of amides is 2. The molecule has 0 radical (unpaired) electrons. The van der Waals surface area contributed by atoms with Gasteiger partial charge in [0.1, 0.15) is 5.75 Å². The number of methoxy groups -OCH3 is 1. The van der Waals surface area contributed by atoms with Crippen LogP contribution >= 0.6 is 0 Å². The van der Waals surface area contributed by atoms with Gasteiger partial charge in [0, 0.05) is 31.5 Å². The number of hydrogen-bond donors (Lipinski definition) is 2. The molecule has 0 saturated carbocycles. The smallest absolute Gasteiger partial charge is 0.287 e. The van der Waals surface area contributed by atoms with Crippen LogP contribution in [0.15, 0.2) is 24.3 Å². The van der Waals surface area contributed by atoms with Crippen molar-refractivity contribution in [2.75, 3.05) is 25.6 Å². The Labute approximate surface area is 169 Å². The van der Waals surface area contributed by atoms with Crippen LogP contribution in [-0.4, -0.2) is 47.7 Å². The lowest BCUT2D eigenvalue weighted by atomic mass is 10.1. The summed E-state index contributed by atoms with van der Waals surface area (Å²) in [7, 11) is 1.58. The summed E-state index contributed by atoms with van der Waals surface area (Å²) >= 11 is 0. The number of rotatable bonds is 6. The van der Waals surface area contributed by atoms with E-state index in [1.54, 1.807) is 25.3 Å². The molecule has 3 heterocycles. The minimum Gasteiger partial charge on any atom is -0.497 e. The number of nitrogens with zero attached hydrogens (tertiary/aromatic N) is 2. The second-order valence-corrected chi connectivity index (χ2v) is 7.37. The van der Waals surface area contributed by atoms with Gasteiger partial charge in [0.2, 0.25) is 0 Å². The molecule has 0 aliphatic carbocycles. The van der Waals surface area contributed by atoms with E-state index in [1.165, 1.54) is 0 Å². The highest BCUT2D eigenvalue weighted by Gasteiger charge is 2.28.